The zero-order chi connectivity index (χ0) is 16.6. The maximum Gasteiger partial charge on any atom is 0.263 e. The fourth-order valence-electron chi connectivity index (χ4n) is 3.04. The number of aromatic nitrogens is 2. The van der Waals surface area contributed by atoms with Crippen LogP contribution in [-0.4, -0.2) is 26.0 Å². The van der Waals surface area contributed by atoms with Crippen molar-refractivity contribution in [2.24, 2.45) is 0 Å². The number of aliphatic hydroxyl groups is 1. The minimum absolute atomic E-state index is 0.00421. The van der Waals surface area contributed by atoms with Crippen molar-refractivity contribution < 1.29 is 5.11 Å². The Labute approximate surface area is 144 Å². The van der Waals surface area contributed by atoms with E-state index in [4.69, 9.17) is 4.98 Å². The van der Waals surface area contributed by atoms with Gasteiger partial charge in [-0.05, 0) is 32.3 Å². The summed E-state index contributed by atoms with van der Waals surface area (Å²) in [5.74, 6) is 0. The first-order valence-electron chi connectivity index (χ1n) is 7.99. The largest absolute Gasteiger partial charge is 0.392 e. The molecule has 0 spiro atoms. The van der Waals surface area contributed by atoms with Crippen molar-refractivity contribution in [3.63, 3.8) is 0 Å². The molecule has 6 heteroatoms. The highest BCUT2D eigenvalue weighted by Gasteiger charge is 2.26. The van der Waals surface area contributed by atoms with Gasteiger partial charge >= 0.3 is 0 Å². The monoisotopic (exact) mass is 350 g/mol. The number of allylic oxidation sites excluding steroid dienone is 1. The van der Waals surface area contributed by atoms with Gasteiger partial charge in [-0.1, -0.05) is 30.7 Å². The molecule has 2 heterocycles. The van der Waals surface area contributed by atoms with Gasteiger partial charge in [0.25, 0.3) is 5.56 Å². The normalized spacial score (nSPS) is 21.7. The Morgan fingerprint density at radius 3 is 2.87 bits per heavy atom. The number of thioether (sulfide) groups is 1. The van der Waals surface area contributed by atoms with Crippen LogP contribution in [0.1, 0.15) is 36.1 Å². The molecule has 1 N–H and O–H groups in total. The molecular formula is C17H22N2O2S2. The maximum absolute atomic E-state index is 12.9. The fraction of sp³-hybridized carbons (Fsp3) is 0.529. The van der Waals surface area contributed by atoms with E-state index in [-0.39, 0.29) is 16.9 Å². The number of thiophene rings is 1. The lowest BCUT2D eigenvalue weighted by molar-refractivity contribution is 0.136. The summed E-state index contributed by atoms with van der Waals surface area (Å²) in [6, 6.07) is 0. The van der Waals surface area contributed by atoms with Gasteiger partial charge in [-0.2, -0.15) is 0 Å². The van der Waals surface area contributed by atoms with Crippen LogP contribution >= 0.6 is 23.1 Å². The summed E-state index contributed by atoms with van der Waals surface area (Å²) in [5, 5.41) is 11.8. The summed E-state index contributed by atoms with van der Waals surface area (Å²) < 4.78 is 1.69. The molecule has 2 atom stereocenters. The molecule has 1 fully saturated rings. The minimum Gasteiger partial charge on any atom is -0.392 e. The Morgan fingerprint density at radius 1 is 1.43 bits per heavy atom. The van der Waals surface area contributed by atoms with Crippen LogP contribution in [0, 0.1) is 13.8 Å². The molecule has 1 aliphatic carbocycles. The molecule has 0 saturated heterocycles. The van der Waals surface area contributed by atoms with Crippen molar-refractivity contribution >= 4 is 33.3 Å². The second kappa shape index (κ2) is 6.79. The molecule has 3 rings (SSSR count). The second-order valence-corrected chi connectivity index (χ2v) is 8.48. The third kappa shape index (κ3) is 3.12. The van der Waals surface area contributed by atoms with Crippen LogP contribution in [0.5, 0.6) is 0 Å². The van der Waals surface area contributed by atoms with Gasteiger partial charge in [-0.15, -0.1) is 17.9 Å². The molecule has 23 heavy (non-hydrogen) atoms. The summed E-state index contributed by atoms with van der Waals surface area (Å²) >= 11 is 3.11. The van der Waals surface area contributed by atoms with Gasteiger partial charge in [0.2, 0.25) is 0 Å². The number of rotatable bonds is 4. The lowest BCUT2D eigenvalue weighted by atomic mass is 9.97. The molecule has 1 saturated carbocycles. The van der Waals surface area contributed by atoms with E-state index >= 15 is 0 Å². The third-order valence-electron chi connectivity index (χ3n) is 4.49. The smallest absolute Gasteiger partial charge is 0.263 e. The molecule has 0 aromatic carbocycles. The van der Waals surface area contributed by atoms with Crippen LogP contribution in [0.25, 0.3) is 10.2 Å². The van der Waals surface area contributed by atoms with Crippen molar-refractivity contribution in [1.29, 1.82) is 0 Å². The number of aryl methyl sites for hydroxylation is 2. The topological polar surface area (TPSA) is 55.1 Å². The Hall–Kier alpha value is -1.11. The highest BCUT2D eigenvalue weighted by molar-refractivity contribution is 7.99. The third-order valence-corrected chi connectivity index (χ3v) is 6.97. The first kappa shape index (κ1) is 16.7. The van der Waals surface area contributed by atoms with Gasteiger partial charge < -0.3 is 5.11 Å². The van der Waals surface area contributed by atoms with Gasteiger partial charge in [-0.25, -0.2) is 4.98 Å². The van der Waals surface area contributed by atoms with E-state index in [2.05, 4.69) is 6.58 Å². The van der Waals surface area contributed by atoms with Crippen LogP contribution in [0.4, 0.5) is 0 Å². The molecule has 4 nitrogen and oxygen atoms in total. The number of aliphatic hydroxyl groups excluding tert-OH is 1. The van der Waals surface area contributed by atoms with Gasteiger partial charge in [0.1, 0.15) is 4.83 Å². The van der Waals surface area contributed by atoms with E-state index in [1.54, 1.807) is 33.7 Å². The highest BCUT2D eigenvalue weighted by Crippen LogP contribution is 2.34. The molecule has 2 aromatic rings. The highest BCUT2D eigenvalue weighted by atomic mass is 32.2. The molecule has 1 aliphatic rings. The van der Waals surface area contributed by atoms with Crippen molar-refractivity contribution in [3.05, 3.63) is 33.4 Å². The van der Waals surface area contributed by atoms with Crippen molar-refractivity contribution in [2.75, 3.05) is 0 Å². The van der Waals surface area contributed by atoms with E-state index in [9.17, 15) is 9.90 Å². The Bertz CT molecular complexity index is 794. The summed E-state index contributed by atoms with van der Waals surface area (Å²) in [4.78, 5) is 19.6. The molecule has 2 unspecified atom stereocenters. The number of hydrogen-bond donors (Lipinski definition) is 1. The van der Waals surface area contributed by atoms with Gasteiger partial charge in [0.05, 0.1) is 11.5 Å². The van der Waals surface area contributed by atoms with Crippen LogP contribution in [-0.2, 0) is 6.54 Å². The molecule has 124 valence electrons. The Balaban J connectivity index is 2.09. The van der Waals surface area contributed by atoms with Crippen LogP contribution in [0.15, 0.2) is 22.6 Å². The van der Waals surface area contributed by atoms with Crippen LogP contribution < -0.4 is 5.56 Å². The Kier molecular flexibility index (Phi) is 4.94. The van der Waals surface area contributed by atoms with Gasteiger partial charge in [0, 0.05) is 16.7 Å². The molecular weight excluding hydrogens is 328 g/mol. The number of nitrogens with zero attached hydrogens (tertiary/aromatic N) is 2. The molecule has 0 bridgehead atoms. The molecule has 0 aliphatic heterocycles. The average molecular weight is 351 g/mol. The first-order chi connectivity index (χ1) is 11.0. The van der Waals surface area contributed by atoms with Crippen molar-refractivity contribution in [2.45, 2.75) is 62.6 Å². The lowest BCUT2D eigenvalue weighted by Crippen LogP contribution is -2.29. The SMILES string of the molecule is C=CCn1c(SC2CCCCC2O)nc2sc(C)c(C)c2c1=O. The number of fused-ring (bicyclic) bond motifs is 1. The second-order valence-electron chi connectivity index (χ2n) is 6.07. The van der Waals surface area contributed by atoms with Gasteiger partial charge in [0.15, 0.2) is 5.16 Å². The summed E-state index contributed by atoms with van der Waals surface area (Å²) in [6.45, 7) is 8.21. The number of hydrogen-bond acceptors (Lipinski definition) is 5. The van der Waals surface area contributed by atoms with Gasteiger partial charge in [-0.3, -0.25) is 9.36 Å². The first-order valence-corrected chi connectivity index (χ1v) is 9.68. The molecule has 0 amide bonds. The quantitative estimate of drug-likeness (QED) is 0.675. The summed E-state index contributed by atoms with van der Waals surface area (Å²) in [6.07, 6.45) is 5.42. The summed E-state index contributed by atoms with van der Waals surface area (Å²) in [7, 11) is 0. The molecule has 0 radical (unpaired) electrons. The van der Waals surface area contributed by atoms with Crippen molar-refractivity contribution in [1.82, 2.24) is 9.55 Å². The van der Waals surface area contributed by atoms with Crippen molar-refractivity contribution in [3.8, 4) is 0 Å². The zero-order valence-electron chi connectivity index (χ0n) is 13.5. The van der Waals surface area contributed by atoms with E-state index < -0.39 is 0 Å². The average Bonchev–Trinajstić information content (AvgIpc) is 2.80. The van der Waals surface area contributed by atoms with Crippen LogP contribution in [0.3, 0.4) is 0 Å². The predicted molar refractivity (Wildman–Crippen MR) is 97.7 cm³/mol. The van der Waals surface area contributed by atoms with E-state index in [0.29, 0.717) is 11.7 Å². The van der Waals surface area contributed by atoms with E-state index in [0.717, 1.165) is 46.3 Å². The Morgan fingerprint density at radius 2 is 2.17 bits per heavy atom. The van der Waals surface area contributed by atoms with E-state index in [1.807, 2.05) is 13.8 Å². The standard InChI is InChI=1S/C17H22N2O2S2/c1-4-9-19-16(21)14-10(2)11(3)22-15(14)18-17(19)23-13-8-6-5-7-12(13)20/h4,12-13,20H,1,5-9H2,2-3H3. The lowest BCUT2D eigenvalue weighted by Gasteiger charge is -2.27. The zero-order valence-corrected chi connectivity index (χ0v) is 15.2. The molecule has 2 aromatic heterocycles. The predicted octanol–water partition coefficient (Wildman–Crippen LogP) is 3.66. The summed E-state index contributed by atoms with van der Waals surface area (Å²) in [5.41, 5.74) is 1.03. The minimum atomic E-state index is -0.315. The fourth-order valence-corrected chi connectivity index (χ4v) is 5.39. The maximum atomic E-state index is 12.9. The van der Waals surface area contributed by atoms with Crippen LogP contribution in [0.2, 0.25) is 0 Å². The van der Waals surface area contributed by atoms with E-state index in [1.165, 1.54) is 0 Å².